The Balaban J connectivity index is 1.84. The average molecular weight is 310 g/mol. The van der Waals surface area contributed by atoms with E-state index in [0.29, 0.717) is 19.1 Å². The second-order valence-corrected chi connectivity index (χ2v) is 7.83. The van der Waals surface area contributed by atoms with Crippen molar-refractivity contribution in [1.82, 2.24) is 9.62 Å². The average Bonchev–Trinajstić information content (AvgIpc) is 2.53. The molecule has 0 radical (unpaired) electrons. The molecule has 1 aromatic carbocycles. The summed E-state index contributed by atoms with van der Waals surface area (Å²) in [5, 5.41) is 3.58. The lowest BCUT2D eigenvalue weighted by Gasteiger charge is -2.31. The highest BCUT2D eigenvalue weighted by Crippen LogP contribution is 2.16. The molecule has 1 saturated heterocycles. The predicted molar refractivity (Wildman–Crippen MR) is 86.7 cm³/mol. The third-order valence-electron chi connectivity index (χ3n) is 4.29. The Bertz CT molecular complexity index is 549. The lowest BCUT2D eigenvalue weighted by atomic mass is 10.0. The van der Waals surface area contributed by atoms with E-state index in [1.165, 1.54) is 11.1 Å². The Morgan fingerprint density at radius 1 is 1.14 bits per heavy atom. The van der Waals surface area contributed by atoms with Crippen molar-refractivity contribution in [1.29, 1.82) is 0 Å². The van der Waals surface area contributed by atoms with Gasteiger partial charge in [0, 0.05) is 25.7 Å². The first-order valence-corrected chi connectivity index (χ1v) is 9.45. The summed E-state index contributed by atoms with van der Waals surface area (Å²) < 4.78 is 25.3. The summed E-state index contributed by atoms with van der Waals surface area (Å²) in [4.78, 5) is 0. The van der Waals surface area contributed by atoms with Gasteiger partial charge in [0.25, 0.3) is 0 Å². The zero-order chi connectivity index (χ0) is 15.3. The monoisotopic (exact) mass is 310 g/mol. The number of piperidine rings is 1. The van der Waals surface area contributed by atoms with Crippen LogP contribution in [0.3, 0.4) is 0 Å². The van der Waals surface area contributed by atoms with Crippen LogP contribution >= 0.6 is 0 Å². The van der Waals surface area contributed by atoms with Gasteiger partial charge in [-0.3, -0.25) is 0 Å². The molecule has 0 aliphatic carbocycles. The lowest BCUT2D eigenvalue weighted by molar-refractivity contribution is 0.289. The fourth-order valence-electron chi connectivity index (χ4n) is 2.85. The minimum Gasteiger partial charge on any atom is -0.310 e. The van der Waals surface area contributed by atoms with E-state index < -0.39 is 10.0 Å². The summed E-state index contributed by atoms with van der Waals surface area (Å²) in [5.41, 5.74) is 2.74. The van der Waals surface area contributed by atoms with E-state index in [1.54, 1.807) is 11.2 Å². The molecule has 0 atom stereocenters. The zero-order valence-electron chi connectivity index (χ0n) is 13.0. The van der Waals surface area contributed by atoms with E-state index in [1.807, 2.05) is 0 Å². The van der Waals surface area contributed by atoms with Gasteiger partial charge in [-0.15, -0.1) is 0 Å². The van der Waals surface area contributed by atoms with Gasteiger partial charge < -0.3 is 5.32 Å². The Morgan fingerprint density at radius 2 is 1.76 bits per heavy atom. The third kappa shape index (κ3) is 4.28. The molecule has 1 aromatic rings. The molecule has 1 aliphatic rings. The van der Waals surface area contributed by atoms with Gasteiger partial charge in [-0.1, -0.05) is 31.2 Å². The van der Waals surface area contributed by atoms with Crippen molar-refractivity contribution in [2.75, 3.05) is 18.8 Å². The van der Waals surface area contributed by atoms with Gasteiger partial charge in [0.2, 0.25) is 10.0 Å². The van der Waals surface area contributed by atoms with Crippen LogP contribution in [0.1, 0.15) is 37.8 Å². The first-order chi connectivity index (χ1) is 10.1. The Labute approximate surface area is 128 Å². The van der Waals surface area contributed by atoms with Crippen LogP contribution in [0.5, 0.6) is 0 Å². The standard InChI is InChI=1S/C16H26N2O2S/c1-3-14-7-5-6-8-15(14)13-17-16-9-11-18(12-10-16)21(19,20)4-2/h5-8,16-17H,3-4,9-13H2,1-2H3. The molecule has 0 unspecified atom stereocenters. The van der Waals surface area contributed by atoms with Crippen LogP contribution in [-0.2, 0) is 23.0 Å². The summed E-state index contributed by atoms with van der Waals surface area (Å²) in [6, 6.07) is 8.91. The first-order valence-electron chi connectivity index (χ1n) is 7.84. The van der Waals surface area contributed by atoms with Crippen LogP contribution in [0.25, 0.3) is 0 Å². The molecule has 0 saturated carbocycles. The summed E-state index contributed by atoms with van der Waals surface area (Å²) in [6.45, 7) is 6.04. The van der Waals surface area contributed by atoms with Crippen molar-refractivity contribution in [3.63, 3.8) is 0 Å². The maximum absolute atomic E-state index is 11.8. The minimum atomic E-state index is -3.02. The number of nitrogens with zero attached hydrogens (tertiary/aromatic N) is 1. The van der Waals surface area contributed by atoms with Gasteiger partial charge >= 0.3 is 0 Å². The van der Waals surface area contributed by atoms with E-state index in [4.69, 9.17) is 0 Å². The fraction of sp³-hybridized carbons (Fsp3) is 0.625. The quantitative estimate of drug-likeness (QED) is 0.876. The second kappa shape index (κ2) is 7.38. The van der Waals surface area contributed by atoms with Crippen molar-refractivity contribution in [3.05, 3.63) is 35.4 Å². The molecule has 0 amide bonds. The molecule has 1 N–H and O–H groups in total. The molecule has 5 heteroatoms. The van der Waals surface area contributed by atoms with Crippen LogP contribution in [0.15, 0.2) is 24.3 Å². The number of nitrogens with one attached hydrogen (secondary N) is 1. The van der Waals surface area contributed by atoms with Crippen molar-refractivity contribution in [3.8, 4) is 0 Å². The number of benzene rings is 1. The molecule has 118 valence electrons. The largest absolute Gasteiger partial charge is 0.310 e. The van der Waals surface area contributed by atoms with Crippen molar-refractivity contribution < 1.29 is 8.42 Å². The zero-order valence-corrected chi connectivity index (χ0v) is 13.8. The molecule has 4 nitrogen and oxygen atoms in total. The Hall–Kier alpha value is -0.910. The van der Waals surface area contributed by atoms with Crippen molar-refractivity contribution in [2.45, 2.75) is 45.7 Å². The molecule has 1 aliphatic heterocycles. The molecule has 21 heavy (non-hydrogen) atoms. The van der Waals surface area contributed by atoms with Crippen LogP contribution in [0.2, 0.25) is 0 Å². The molecular formula is C16H26N2O2S. The summed E-state index contributed by atoms with van der Waals surface area (Å²) in [7, 11) is -3.02. The number of rotatable bonds is 6. The Morgan fingerprint density at radius 3 is 2.33 bits per heavy atom. The predicted octanol–water partition coefficient (Wildman–Crippen LogP) is 2.15. The van der Waals surface area contributed by atoms with Gasteiger partial charge in [0.1, 0.15) is 0 Å². The first kappa shape index (κ1) is 16.5. The number of hydrogen-bond donors (Lipinski definition) is 1. The van der Waals surface area contributed by atoms with E-state index in [0.717, 1.165) is 25.8 Å². The van der Waals surface area contributed by atoms with Gasteiger partial charge in [0.05, 0.1) is 5.75 Å². The van der Waals surface area contributed by atoms with Gasteiger partial charge in [-0.2, -0.15) is 0 Å². The van der Waals surface area contributed by atoms with Crippen LogP contribution < -0.4 is 5.32 Å². The number of sulfonamides is 1. The van der Waals surface area contributed by atoms with E-state index in [9.17, 15) is 8.42 Å². The molecule has 2 rings (SSSR count). The summed E-state index contributed by atoms with van der Waals surface area (Å²) in [6.07, 6.45) is 2.84. The van der Waals surface area contributed by atoms with E-state index >= 15 is 0 Å². The number of hydrogen-bond acceptors (Lipinski definition) is 3. The third-order valence-corrected chi connectivity index (χ3v) is 6.17. The van der Waals surface area contributed by atoms with E-state index in [-0.39, 0.29) is 5.75 Å². The topological polar surface area (TPSA) is 49.4 Å². The van der Waals surface area contributed by atoms with Crippen LogP contribution in [0, 0.1) is 0 Å². The molecule has 0 aromatic heterocycles. The van der Waals surface area contributed by atoms with E-state index in [2.05, 4.69) is 36.5 Å². The highest BCUT2D eigenvalue weighted by Gasteiger charge is 2.26. The van der Waals surface area contributed by atoms with Crippen LogP contribution in [-0.4, -0.2) is 37.6 Å². The van der Waals surface area contributed by atoms with Gasteiger partial charge in [0.15, 0.2) is 0 Å². The molecule has 1 fully saturated rings. The maximum atomic E-state index is 11.8. The highest BCUT2D eigenvalue weighted by molar-refractivity contribution is 7.89. The summed E-state index contributed by atoms with van der Waals surface area (Å²) in [5.74, 6) is 0.203. The van der Waals surface area contributed by atoms with Gasteiger partial charge in [-0.25, -0.2) is 12.7 Å². The van der Waals surface area contributed by atoms with Crippen molar-refractivity contribution in [2.24, 2.45) is 0 Å². The van der Waals surface area contributed by atoms with Crippen LogP contribution in [0.4, 0.5) is 0 Å². The smallest absolute Gasteiger partial charge is 0.213 e. The molecule has 1 heterocycles. The lowest BCUT2D eigenvalue weighted by Crippen LogP contribution is -2.45. The van der Waals surface area contributed by atoms with Crippen molar-refractivity contribution >= 4 is 10.0 Å². The van der Waals surface area contributed by atoms with Gasteiger partial charge in [-0.05, 0) is 37.3 Å². The minimum absolute atomic E-state index is 0.203. The highest BCUT2D eigenvalue weighted by atomic mass is 32.2. The Kier molecular flexibility index (Phi) is 5.79. The normalized spacial score (nSPS) is 18.0. The second-order valence-electron chi connectivity index (χ2n) is 5.58. The summed E-state index contributed by atoms with van der Waals surface area (Å²) >= 11 is 0. The maximum Gasteiger partial charge on any atom is 0.213 e. The molecule has 0 bridgehead atoms. The molecular weight excluding hydrogens is 284 g/mol. The molecule has 0 spiro atoms. The number of aryl methyl sites for hydroxylation is 1. The SMILES string of the molecule is CCc1ccccc1CNC1CCN(S(=O)(=O)CC)CC1. The fourth-order valence-corrected chi connectivity index (χ4v) is 3.98.